The number of rotatable bonds is 4. The fourth-order valence-corrected chi connectivity index (χ4v) is 3.14. The highest BCUT2D eigenvalue weighted by molar-refractivity contribution is 6.31. The predicted octanol–water partition coefficient (Wildman–Crippen LogP) is 3.09. The van der Waals surface area contributed by atoms with Crippen molar-refractivity contribution < 1.29 is 0 Å². The van der Waals surface area contributed by atoms with Crippen molar-refractivity contribution in [2.24, 2.45) is 5.92 Å². The van der Waals surface area contributed by atoms with Crippen LogP contribution in [0.15, 0.2) is 24.3 Å². The van der Waals surface area contributed by atoms with Crippen LogP contribution < -0.4 is 5.32 Å². The summed E-state index contributed by atoms with van der Waals surface area (Å²) in [5, 5.41) is 4.36. The van der Waals surface area contributed by atoms with E-state index in [9.17, 15) is 0 Å². The molecule has 98 valence electrons. The Labute approximate surface area is 114 Å². The van der Waals surface area contributed by atoms with Crippen molar-refractivity contribution in [2.75, 3.05) is 26.2 Å². The lowest BCUT2D eigenvalue weighted by Crippen LogP contribution is -2.45. The molecule has 1 N–H and O–H groups in total. The Bertz CT molecular complexity index is 397. The second-order valence-electron chi connectivity index (χ2n) is 5.50. The number of benzene rings is 1. The summed E-state index contributed by atoms with van der Waals surface area (Å²) in [4.78, 5) is 2.61. The van der Waals surface area contributed by atoms with Crippen LogP contribution in [0.2, 0.25) is 5.02 Å². The van der Waals surface area contributed by atoms with Crippen LogP contribution in [0.25, 0.3) is 0 Å². The Morgan fingerprint density at radius 2 is 1.94 bits per heavy atom. The highest BCUT2D eigenvalue weighted by atomic mass is 35.5. The van der Waals surface area contributed by atoms with Gasteiger partial charge in [-0.25, -0.2) is 0 Å². The van der Waals surface area contributed by atoms with E-state index in [2.05, 4.69) is 22.3 Å². The van der Waals surface area contributed by atoms with Gasteiger partial charge in [-0.1, -0.05) is 42.6 Å². The molecule has 1 saturated heterocycles. The van der Waals surface area contributed by atoms with Crippen LogP contribution in [0.3, 0.4) is 0 Å². The van der Waals surface area contributed by atoms with Crippen molar-refractivity contribution in [1.82, 2.24) is 10.2 Å². The molecule has 2 fully saturated rings. The monoisotopic (exact) mass is 264 g/mol. The number of piperazine rings is 1. The van der Waals surface area contributed by atoms with E-state index >= 15 is 0 Å². The molecular formula is C15H21ClN2. The van der Waals surface area contributed by atoms with E-state index in [4.69, 9.17) is 11.6 Å². The van der Waals surface area contributed by atoms with Crippen LogP contribution in [-0.2, 0) is 0 Å². The van der Waals surface area contributed by atoms with Crippen molar-refractivity contribution in [2.45, 2.75) is 25.3 Å². The Morgan fingerprint density at radius 3 is 2.61 bits per heavy atom. The summed E-state index contributed by atoms with van der Waals surface area (Å²) in [6.07, 6.45) is 4.10. The van der Waals surface area contributed by atoms with E-state index in [1.165, 1.54) is 24.8 Å². The van der Waals surface area contributed by atoms with Gasteiger partial charge in [-0.05, 0) is 24.0 Å². The summed E-state index contributed by atoms with van der Waals surface area (Å²) in [6.45, 7) is 4.49. The van der Waals surface area contributed by atoms with Gasteiger partial charge in [-0.15, -0.1) is 0 Å². The van der Waals surface area contributed by atoms with Crippen LogP contribution in [-0.4, -0.2) is 31.1 Å². The van der Waals surface area contributed by atoms with E-state index < -0.39 is 0 Å². The van der Waals surface area contributed by atoms with Gasteiger partial charge in [0.15, 0.2) is 0 Å². The van der Waals surface area contributed by atoms with Crippen molar-refractivity contribution in [3.8, 4) is 0 Å². The molecule has 1 aliphatic carbocycles. The lowest BCUT2D eigenvalue weighted by atomic mass is 9.98. The molecule has 1 heterocycles. The Hall–Kier alpha value is -0.570. The summed E-state index contributed by atoms with van der Waals surface area (Å²) >= 11 is 6.40. The lowest BCUT2D eigenvalue weighted by Gasteiger charge is -2.35. The highest BCUT2D eigenvalue weighted by Crippen LogP contribution is 2.41. The fraction of sp³-hybridized carbons (Fsp3) is 0.600. The third-order valence-corrected chi connectivity index (χ3v) is 4.45. The largest absolute Gasteiger partial charge is 0.314 e. The molecule has 3 heteroatoms. The first-order chi connectivity index (χ1) is 8.84. The maximum absolute atomic E-state index is 6.40. The quantitative estimate of drug-likeness (QED) is 0.899. The zero-order valence-electron chi connectivity index (χ0n) is 10.7. The van der Waals surface area contributed by atoms with Crippen LogP contribution in [0.5, 0.6) is 0 Å². The van der Waals surface area contributed by atoms with Crippen LogP contribution in [0.4, 0.5) is 0 Å². The highest BCUT2D eigenvalue weighted by Gasteiger charge is 2.31. The molecule has 0 spiro atoms. The van der Waals surface area contributed by atoms with Crippen molar-refractivity contribution in [3.63, 3.8) is 0 Å². The zero-order chi connectivity index (χ0) is 12.4. The minimum absolute atomic E-state index is 0.522. The smallest absolute Gasteiger partial charge is 0.0453 e. The van der Waals surface area contributed by atoms with E-state index in [0.717, 1.165) is 37.1 Å². The topological polar surface area (TPSA) is 15.3 Å². The molecule has 1 aromatic carbocycles. The summed E-state index contributed by atoms with van der Waals surface area (Å²) in [6, 6.07) is 8.89. The van der Waals surface area contributed by atoms with Gasteiger partial charge in [0, 0.05) is 37.2 Å². The first-order valence-corrected chi connectivity index (χ1v) is 7.41. The van der Waals surface area contributed by atoms with Crippen LogP contribution >= 0.6 is 11.6 Å². The van der Waals surface area contributed by atoms with Crippen molar-refractivity contribution in [3.05, 3.63) is 34.9 Å². The average molecular weight is 265 g/mol. The molecule has 0 bridgehead atoms. The third kappa shape index (κ3) is 2.87. The Morgan fingerprint density at radius 1 is 1.22 bits per heavy atom. The maximum atomic E-state index is 6.40. The minimum Gasteiger partial charge on any atom is -0.314 e. The SMILES string of the molecule is Clc1ccccc1[C@@H](CC1CC1)N1CCNCC1. The minimum atomic E-state index is 0.522. The molecule has 0 radical (unpaired) electrons. The maximum Gasteiger partial charge on any atom is 0.0453 e. The number of halogens is 1. The Kier molecular flexibility index (Phi) is 3.88. The molecule has 0 amide bonds. The third-order valence-electron chi connectivity index (χ3n) is 4.11. The van der Waals surface area contributed by atoms with Gasteiger partial charge < -0.3 is 5.32 Å². The molecule has 1 aliphatic heterocycles. The van der Waals surface area contributed by atoms with Gasteiger partial charge in [0.2, 0.25) is 0 Å². The van der Waals surface area contributed by atoms with E-state index in [1.807, 2.05) is 12.1 Å². The van der Waals surface area contributed by atoms with Gasteiger partial charge in [0.05, 0.1) is 0 Å². The normalized spacial score (nSPS) is 22.9. The molecule has 3 rings (SSSR count). The molecule has 0 unspecified atom stereocenters. The molecule has 1 atom stereocenters. The lowest BCUT2D eigenvalue weighted by molar-refractivity contribution is 0.160. The Balaban J connectivity index is 1.81. The van der Waals surface area contributed by atoms with E-state index in [0.29, 0.717) is 6.04 Å². The van der Waals surface area contributed by atoms with Crippen molar-refractivity contribution >= 4 is 11.6 Å². The van der Waals surface area contributed by atoms with Gasteiger partial charge >= 0.3 is 0 Å². The molecular weight excluding hydrogens is 244 g/mol. The molecule has 18 heavy (non-hydrogen) atoms. The van der Waals surface area contributed by atoms with E-state index in [-0.39, 0.29) is 0 Å². The average Bonchev–Trinajstić information content (AvgIpc) is 3.22. The van der Waals surface area contributed by atoms with E-state index in [1.54, 1.807) is 0 Å². The molecule has 2 aliphatic rings. The standard InChI is InChI=1S/C15H21ClN2/c16-14-4-2-1-3-13(14)15(11-12-5-6-12)18-9-7-17-8-10-18/h1-4,12,15,17H,5-11H2/t15-/m1/s1. The molecule has 0 aromatic heterocycles. The van der Waals surface area contributed by atoms with Crippen LogP contribution in [0, 0.1) is 5.92 Å². The van der Waals surface area contributed by atoms with Crippen molar-refractivity contribution in [1.29, 1.82) is 0 Å². The molecule has 1 saturated carbocycles. The summed E-state index contributed by atoms with van der Waals surface area (Å²) in [7, 11) is 0. The van der Waals surface area contributed by atoms with Crippen LogP contribution in [0.1, 0.15) is 30.9 Å². The number of hydrogen-bond acceptors (Lipinski definition) is 2. The summed E-state index contributed by atoms with van der Waals surface area (Å²) in [5.41, 5.74) is 1.33. The second-order valence-corrected chi connectivity index (χ2v) is 5.91. The molecule has 1 aromatic rings. The summed E-state index contributed by atoms with van der Waals surface area (Å²) < 4.78 is 0. The van der Waals surface area contributed by atoms with Gasteiger partial charge in [-0.3, -0.25) is 4.90 Å². The number of nitrogens with zero attached hydrogens (tertiary/aromatic N) is 1. The number of hydrogen-bond donors (Lipinski definition) is 1. The molecule has 2 nitrogen and oxygen atoms in total. The fourth-order valence-electron chi connectivity index (χ4n) is 2.88. The second kappa shape index (κ2) is 5.60. The first-order valence-electron chi connectivity index (χ1n) is 7.04. The predicted molar refractivity (Wildman–Crippen MR) is 76.0 cm³/mol. The number of nitrogens with one attached hydrogen (secondary N) is 1. The van der Waals surface area contributed by atoms with Gasteiger partial charge in [0.1, 0.15) is 0 Å². The van der Waals surface area contributed by atoms with Gasteiger partial charge in [0.25, 0.3) is 0 Å². The zero-order valence-corrected chi connectivity index (χ0v) is 11.5. The summed E-state index contributed by atoms with van der Waals surface area (Å²) in [5.74, 6) is 0.932. The first kappa shape index (κ1) is 12.5. The van der Waals surface area contributed by atoms with Gasteiger partial charge in [-0.2, -0.15) is 0 Å².